The van der Waals surface area contributed by atoms with Crippen molar-refractivity contribution in [1.82, 2.24) is 14.8 Å². The molecule has 0 bridgehead atoms. The second-order valence-electron chi connectivity index (χ2n) is 9.22. The van der Waals surface area contributed by atoms with E-state index in [2.05, 4.69) is 22.4 Å². The van der Waals surface area contributed by atoms with E-state index in [1.165, 1.54) is 13.8 Å². The highest BCUT2D eigenvalue weighted by molar-refractivity contribution is 7.99. The molecule has 11 heteroatoms. The molecule has 1 amide bonds. The van der Waals surface area contributed by atoms with E-state index in [1.807, 2.05) is 48.0 Å². The molecule has 0 spiro atoms. The number of rotatable bonds is 9. The molecule has 0 aliphatic carbocycles. The number of carbonyl (C=O) groups is 2. The molecule has 1 saturated heterocycles. The lowest BCUT2D eigenvalue weighted by Gasteiger charge is -2.41. The largest absolute Gasteiger partial charge is 0.453 e. The Hall–Kier alpha value is -3.25. The van der Waals surface area contributed by atoms with Gasteiger partial charge in [0, 0.05) is 36.9 Å². The minimum absolute atomic E-state index is 0.0212. The highest BCUT2D eigenvalue weighted by Gasteiger charge is 2.38. The van der Waals surface area contributed by atoms with Crippen molar-refractivity contribution in [3.63, 3.8) is 0 Å². The molecule has 1 fully saturated rings. The predicted octanol–water partition coefficient (Wildman–Crippen LogP) is 3.78. The number of nitrogens with one attached hydrogen (secondary N) is 1. The number of thioether (sulfide) groups is 1. The Balaban J connectivity index is 1.52. The van der Waals surface area contributed by atoms with E-state index in [4.69, 9.17) is 14.2 Å². The molecule has 0 saturated carbocycles. The van der Waals surface area contributed by atoms with Crippen molar-refractivity contribution in [3.8, 4) is 0 Å². The van der Waals surface area contributed by atoms with Crippen LogP contribution in [0.15, 0.2) is 60.0 Å². The quantitative estimate of drug-likeness (QED) is 0.308. The summed E-state index contributed by atoms with van der Waals surface area (Å²) in [6.45, 7) is 4.86. The first kappa shape index (κ1) is 27.8. The first-order chi connectivity index (χ1) is 18.2. The van der Waals surface area contributed by atoms with Gasteiger partial charge in [-0.05, 0) is 30.2 Å². The number of nitrogens with zero attached hydrogens (tertiary/aromatic N) is 3. The zero-order chi connectivity index (χ0) is 27.2. The maximum atomic E-state index is 12.3. The lowest BCUT2D eigenvalue weighted by atomic mass is 9.91. The molecule has 10 nitrogen and oxygen atoms in total. The van der Waals surface area contributed by atoms with Gasteiger partial charge >= 0.3 is 5.97 Å². The number of carbonyl (C=O) groups excluding carboxylic acids is 2. The van der Waals surface area contributed by atoms with Gasteiger partial charge in [-0.25, -0.2) is 0 Å². The molecular weight excluding hydrogens is 508 g/mol. The number of aryl methyl sites for hydroxylation is 1. The topological polar surface area (TPSA) is 125 Å². The van der Waals surface area contributed by atoms with Crippen molar-refractivity contribution in [3.05, 3.63) is 71.5 Å². The van der Waals surface area contributed by atoms with E-state index in [1.54, 1.807) is 30.2 Å². The third-order valence-corrected chi connectivity index (χ3v) is 7.46. The van der Waals surface area contributed by atoms with E-state index >= 15 is 0 Å². The lowest BCUT2D eigenvalue weighted by molar-refractivity contribution is -0.268. The van der Waals surface area contributed by atoms with Crippen LogP contribution in [-0.4, -0.2) is 49.7 Å². The Morgan fingerprint density at radius 1 is 1.13 bits per heavy atom. The van der Waals surface area contributed by atoms with Crippen LogP contribution in [0, 0.1) is 5.92 Å². The lowest BCUT2D eigenvalue weighted by Crippen LogP contribution is -2.38. The monoisotopic (exact) mass is 540 g/mol. The zero-order valence-corrected chi connectivity index (χ0v) is 22.6. The molecule has 3 aromatic rings. The average molecular weight is 541 g/mol. The molecule has 38 heavy (non-hydrogen) atoms. The van der Waals surface area contributed by atoms with Gasteiger partial charge < -0.3 is 29.2 Å². The molecule has 1 aliphatic heterocycles. The van der Waals surface area contributed by atoms with Crippen LogP contribution >= 0.6 is 11.8 Å². The summed E-state index contributed by atoms with van der Waals surface area (Å²) in [4.78, 5) is 23.4. The molecular formula is C27H32N4O6S. The van der Waals surface area contributed by atoms with Crippen LogP contribution in [0.25, 0.3) is 0 Å². The zero-order valence-electron chi connectivity index (χ0n) is 21.7. The summed E-state index contributed by atoms with van der Waals surface area (Å²) in [5.41, 5.74) is 3.20. The predicted molar refractivity (Wildman–Crippen MR) is 141 cm³/mol. The van der Waals surface area contributed by atoms with Crippen molar-refractivity contribution in [2.75, 3.05) is 11.1 Å². The highest BCUT2D eigenvalue weighted by atomic mass is 32.2. The van der Waals surface area contributed by atoms with E-state index in [-0.39, 0.29) is 24.7 Å². The van der Waals surface area contributed by atoms with Crippen LogP contribution in [0.5, 0.6) is 0 Å². The summed E-state index contributed by atoms with van der Waals surface area (Å²) in [7, 11) is 1.90. The van der Waals surface area contributed by atoms with Gasteiger partial charge in [0.15, 0.2) is 17.6 Å². The Bertz CT molecular complexity index is 1230. The summed E-state index contributed by atoms with van der Waals surface area (Å²) in [6.07, 6.45) is -0.261. The van der Waals surface area contributed by atoms with Crippen LogP contribution in [0.3, 0.4) is 0 Å². The summed E-state index contributed by atoms with van der Waals surface area (Å²) < 4.78 is 19.7. The Labute approximate surface area is 225 Å². The highest BCUT2D eigenvalue weighted by Crippen LogP contribution is 2.43. The van der Waals surface area contributed by atoms with Gasteiger partial charge in [0.25, 0.3) is 5.91 Å². The van der Waals surface area contributed by atoms with Crippen molar-refractivity contribution < 1.29 is 28.9 Å². The Kier molecular flexibility index (Phi) is 9.16. The van der Waals surface area contributed by atoms with Gasteiger partial charge in [-0.1, -0.05) is 55.1 Å². The third kappa shape index (κ3) is 6.79. The van der Waals surface area contributed by atoms with Gasteiger partial charge in [0.05, 0.1) is 18.8 Å². The van der Waals surface area contributed by atoms with Crippen molar-refractivity contribution >= 4 is 29.3 Å². The van der Waals surface area contributed by atoms with Gasteiger partial charge in [-0.15, -0.1) is 10.2 Å². The Morgan fingerprint density at radius 2 is 1.82 bits per heavy atom. The molecule has 5 atom stereocenters. The summed E-state index contributed by atoms with van der Waals surface area (Å²) >= 11 is 1.57. The van der Waals surface area contributed by atoms with Gasteiger partial charge in [-0.3, -0.25) is 9.59 Å². The number of ether oxygens (including phenoxy) is 3. The maximum absolute atomic E-state index is 12.3. The normalized spacial score (nSPS) is 22.0. The summed E-state index contributed by atoms with van der Waals surface area (Å²) in [5, 5.41) is 21.1. The number of aliphatic hydroxyl groups excluding tert-OH is 1. The van der Waals surface area contributed by atoms with Crippen molar-refractivity contribution in [1.29, 1.82) is 0 Å². The van der Waals surface area contributed by atoms with E-state index in [0.717, 1.165) is 21.8 Å². The molecule has 1 aliphatic rings. The van der Waals surface area contributed by atoms with Gasteiger partial charge in [-0.2, -0.15) is 0 Å². The van der Waals surface area contributed by atoms with Gasteiger partial charge in [0.1, 0.15) is 6.33 Å². The molecule has 2 N–H and O–H groups in total. The van der Waals surface area contributed by atoms with Gasteiger partial charge in [0.2, 0.25) is 0 Å². The third-order valence-electron chi connectivity index (χ3n) is 6.33. The molecule has 2 heterocycles. The van der Waals surface area contributed by atoms with E-state index < -0.39 is 24.3 Å². The van der Waals surface area contributed by atoms with Crippen LogP contribution in [-0.2, 0) is 37.5 Å². The first-order valence-electron chi connectivity index (χ1n) is 12.3. The molecule has 202 valence electrons. The number of hydrogen-bond acceptors (Lipinski definition) is 9. The Morgan fingerprint density at radius 3 is 2.42 bits per heavy atom. The second kappa shape index (κ2) is 12.5. The second-order valence-corrected chi connectivity index (χ2v) is 10.2. The number of aliphatic hydroxyl groups is 1. The number of aromatic nitrogens is 3. The fourth-order valence-corrected chi connectivity index (χ4v) is 5.19. The molecule has 0 unspecified atom stereocenters. The van der Waals surface area contributed by atoms with Crippen molar-refractivity contribution in [2.24, 2.45) is 13.0 Å². The fourth-order valence-electron chi connectivity index (χ4n) is 4.14. The van der Waals surface area contributed by atoms with E-state index in [9.17, 15) is 14.7 Å². The maximum Gasteiger partial charge on any atom is 0.303 e. The number of amides is 1. The number of benzene rings is 2. The van der Waals surface area contributed by atoms with Crippen LogP contribution in [0.2, 0.25) is 0 Å². The van der Waals surface area contributed by atoms with Crippen LogP contribution < -0.4 is 5.32 Å². The number of anilines is 1. The molecule has 4 rings (SSSR count). The molecule has 2 aromatic carbocycles. The van der Waals surface area contributed by atoms with Crippen molar-refractivity contribution in [2.45, 2.75) is 57.1 Å². The van der Waals surface area contributed by atoms with Crippen LogP contribution in [0.1, 0.15) is 49.9 Å². The van der Waals surface area contributed by atoms with Crippen LogP contribution in [0.4, 0.5) is 5.69 Å². The summed E-state index contributed by atoms with van der Waals surface area (Å²) in [6, 6.07) is 14.9. The van der Waals surface area contributed by atoms with E-state index in [0.29, 0.717) is 11.4 Å². The summed E-state index contributed by atoms with van der Waals surface area (Å²) in [5.74, 6) is -0.246. The molecule has 1 aromatic heterocycles. The molecule has 0 radical (unpaired) electrons. The first-order valence-corrected chi connectivity index (χ1v) is 13.3. The fraction of sp³-hybridized carbons (Fsp3) is 0.407. The average Bonchev–Trinajstić information content (AvgIpc) is 3.32. The minimum atomic E-state index is -0.899. The number of hydrogen-bond donors (Lipinski definition) is 2. The number of esters is 1. The minimum Gasteiger partial charge on any atom is -0.453 e. The standard InChI is InChI=1S/C27H32N4O6S/c1-16-23(14-38-27-30-28-15-31(27)4)36-26(37-24(16)20-7-5-19(13-32)6-8-20)21-9-11-22(12-10-21)29-25(34)17(2)35-18(3)33/h5-12,15-17,23-24,26,32H,13-14H2,1-4H3,(H,29,34)/t16-,17-,23+,24+,26+/m0/s1. The smallest absolute Gasteiger partial charge is 0.303 e. The SMILES string of the molecule is CC(=O)O[C@@H](C)C(=O)Nc1ccc([C@@H]2O[C@H](CSc3nncn3C)[C@H](C)[C@H](c3ccc(CO)cc3)O2)cc1.